The lowest BCUT2D eigenvalue weighted by Crippen LogP contribution is -2.02. The molecule has 0 rings (SSSR count). The van der Waals surface area contributed by atoms with Crippen molar-refractivity contribution >= 4 is 17.6 Å². The molecule has 14 heavy (non-hydrogen) atoms. The maximum absolute atomic E-state index is 10.7. The number of halogens is 1. The van der Waals surface area contributed by atoms with Crippen molar-refractivity contribution < 1.29 is 14.6 Å². The van der Waals surface area contributed by atoms with Crippen LogP contribution in [0.2, 0.25) is 0 Å². The summed E-state index contributed by atoms with van der Waals surface area (Å²) >= 11 is 5.62. The summed E-state index contributed by atoms with van der Waals surface area (Å²) in [7, 11) is 1.60. The highest BCUT2D eigenvalue weighted by Crippen LogP contribution is 2.11. The predicted molar refractivity (Wildman–Crippen MR) is 56.4 cm³/mol. The fraction of sp³-hybridized carbons (Fsp3) is 0.500. The van der Waals surface area contributed by atoms with E-state index in [9.17, 15) is 4.79 Å². The second kappa shape index (κ2) is 6.62. The molecule has 0 bridgehead atoms. The molecule has 0 aromatic rings. The number of hydrogen-bond acceptors (Lipinski definition) is 2. The molecule has 1 atom stereocenters. The summed E-state index contributed by atoms with van der Waals surface area (Å²) in [6.07, 6.45) is 3.27. The van der Waals surface area contributed by atoms with Gasteiger partial charge in [0.15, 0.2) is 0 Å². The summed E-state index contributed by atoms with van der Waals surface area (Å²) in [6.45, 7) is 4.05. The smallest absolute Gasteiger partial charge is 0.336 e. The summed E-state index contributed by atoms with van der Waals surface area (Å²) in [6, 6.07) is 0. The zero-order valence-electron chi connectivity index (χ0n) is 8.58. The first kappa shape index (κ1) is 13.2. The normalized spacial score (nSPS) is 15.4. The Morgan fingerprint density at radius 2 is 2.21 bits per heavy atom. The first-order valence-electron chi connectivity index (χ1n) is 4.25. The summed E-state index contributed by atoms with van der Waals surface area (Å²) in [5, 5.41) is 9.04. The van der Waals surface area contributed by atoms with E-state index in [1.165, 1.54) is 6.08 Å². The third kappa shape index (κ3) is 5.04. The number of methoxy groups -OCH3 is 1. The Balaban J connectivity index is 4.47. The van der Waals surface area contributed by atoms with Gasteiger partial charge in [-0.2, -0.15) is 0 Å². The molecule has 0 heterocycles. The Morgan fingerprint density at radius 3 is 2.57 bits per heavy atom. The molecule has 0 aliphatic heterocycles. The van der Waals surface area contributed by atoms with Crippen molar-refractivity contribution in [3.05, 3.63) is 22.8 Å². The first-order valence-corrected chi connectivity index (χ1v) is 4.63. The standard InChI is InChI=1S/C10H15ClO3/c1-7(6-14-3)4-5-9(8(2)11)10(12)13/h4-5,7H,6H2,1-3H3,(H,12,13)/b5-4-,9-8-. The lowest BCUT2D eigenvalue weighted by Gasteiger charge is -2.03. The lowest BCUT2D eigenvalue weighted by atomic mass is 10.1. The molecular weight excluding hydrogens is 204 g/mol. The van der Waals surface area contributed by atoms with Gasteiger partial charge in [0.25, 0.3) is 0 Å². The summed E-state index contributed by atoms with van der Waals surface area (Å²) in [5.74, 6) is -0.844. The van der Waals surface area contributed by atoms with E-state index in [4.69, 9.17) is 21.4 Å². The van der Waals surface area contributed by atoms with Gasteiger partial charge in [0.2, 0.25) is 0 Å². The minimum Gasteiger partial charge on any atom is -0.478 e. The molecule has 0 spiro atoms. The van der Waals surface area contributed by atoms with Crippen LogP contribution in [0.25, 0.3) is 0 Å². The van der Waals surface area contributed by atoms with Gasteiger partial charge in [0.05, 0.1) is 12.2 Å². The molecule has 0 amide bonds. The Hall–Kier alpha value is -0.800. The van der Waals surface area contributed by atoms with E-state index in [2.05, 4.69) is 0 Å². The maximum Gasteiger partial charge on any atom is 0.336 e. The Bertz CT molecular complexity index is 252. The number of aliphatic carboxylic acids is 1. The summed E-state index contributed by atoms with van der Waals surface area (Å²) in [4.78, 5) is 10.7. The molecule has 0 radical (unpaired) electrons. The van der Waals surface area contributed by atoms with Crippen LogP contribution >= 0.6 is 11.6 Å². The van der Waals surface area contributed by atoms with Gasteiger partial charge >= 0.3 is 5.97 Å². The van der Waals surface area contributed by atoms with E-state index < -0.39 is 5.97 Å². The average Bonchev–Trinajstić information content (AvgIpc) is 2.03. The molecule has 0 saturated carbocycles. The van der Waals surface area contributed by atoms with Gasteiger partial charge in [-0.15, -0.1) is 0 Å². The van der Waals surface area contributed by atoms with Crippen LogP contribution in [0.4, 0.5) is 0 Å². The fourth-order valence-electron chi connectivity index (χ4n) is 0.912. The monoisotopic (exact) mass is 218 g/mol. The van der Waals surface area contributed by atoms with Crippen LogP contribution in [0.5, 0.6) is 0 Å². The zero-order valence-corrected chi connectivity index (χ0v) is 9.34. The van der Waals surface area contributed by atoms with Crippen molar-refractivity contribution in [3.63, 3.8) is 0 Å². The number of allylic oxidation sites excluding steroid dienone is 1. The molecule has 0 saturated heterocycles. The van der Waals surface area contributed by atoms with Gasteiger partial charge in [0, 0.05) is 12.1 Å². The minimum atomic E-state index is -1.02. The lowest BCUT2D eigenvalue weighted by molar-refractivity contribution is -0.132. The number of rotatable bonds is 5. The molecule has 0 fully saturated rings. The third-order valence-corrected chi connectivity index (χ3v) is 1.83. The molecule has 0 aliphatic rings. The van der Waals surface area contributed by atoms with E-state index in [0.29, 0.717) is 6.61 Å². The second-order valence-electron chi connectivity index (χ2n) is 3.04. The van der Waals surface area contributed by atoms with Crippen LogP contribution in [0.1, 0.15) is 13.8 Å². The Kier molecular flexibility index (Phi) is 6.25. The van der Waals surface area contributed by atoms with Gasteiger partial charge < -0.3 is 9.84 Å². The molecule has 80 valence electrons. The van der Waals surface area contributed by atoms with Gasteiger partial charge in [-0.1, -0.05) is 30.7 Å². The van der Waals surface area contributed by atoms with E-state index in [0.717, 1.165) is 0 Å². The predicted octanol–water partition coefficient (Wildman–Crippen LogP) is 2.42. The molecule has 1 N–H and O–H groups in total. The van der Waals surface area contributed by atoms with Crippen molar-refractivity contribution in [1.82, 2.24) is 0 Å². The average molecular weight is 219 g/mol. The number of ether oxygens (including phenoxy) is 1. The van der Waals surface area contributed by atoms with Crippen molar-refractivity contribution in [2.24, 2.45) is 5.92 Å². The Morgan fingerprint density at radius 1 is 1.64 bits per heavy atom. The van der Waals surface area contributed by atoms with E-state index >= 15 is 0 Å². The van der Waals surface area contributed by atoms with Crippen molar-refractivity contribution in [2.45, 2.75) is 13.8 Å². The van der Waals surface area contributed by atoms with Gasteiger partial charge in [0.1, 0.15) is 0 Å². The highest BCUT2D eigenvalue weighted by Gasteiger charge is 2.06. The molecule has 3 nitrogen and oxygen atoms in total. The SMILES string of the molecule is COCC(C)/C=C\C(C(=O)O)=C(/C)Cl. The van der Waals surface area contributed by atoms with Crippen molar-refractivity contribution in [1.29, 1.82) is 0 Å². The van der Waals surface area contributed by atoms with Crippen molar-refractivity contribution in [3.8, 4) is 0 Å². The number of carbonyl (C=O) groups is 1. The van der Waals surface area contributed by atoms with Gasteiger partial charge in [-0.05, 0) is 12.8 Å². The van der Waals surface area contributed by atoms with E-state index in [1.54, 1.807) is 20.1 Å². The molecule has 1 unspecified atom stereocenters. The number of hydrogen-bond donors (Lipinski definition) is 1. The van der Waals surface area contributed by atoms with Crippen LogP contribution < -0.4 is 0 Å². The topological polar surface area (TPSA) is 46.5 Å². The molecule has 0 aromatic carbocycles. The fourth-order valence-corrected chi connectivity index (χ4v) is 1.06. The third-order valence-electron chi connectivity index (χ3n) is 1.62. The van der Waals surface area contributed by atoms with Gasteiger partial charge in [-0.25, -0.2) is 4.79 Å². The molecular formula is C10H15ClO3. The quantitative estimate of drug-likeness (QED) is 0.570. The van der Waals surface area contributed by atoms with E-state index in [1.807, 2.05) is 6.92 Å². The van der Waals surface area contributed by atoms with Crippen LogP contribution in [0.15, 0.2) is 22.8 Å². The second-order valence-corrected chi connectivity index (χ2v) is 3.61. The van der Waals surface area contributed by atoms with Crippen LogP contribution in [0, 0.1) is 5.92 Å². The maximum atomic E-state index is 10.7. The molecule has 4 heteroatoms. The van der Waals surface area contributed by atoms with E-state index in [-0.39, 0.29) is 16.5 Å². The number of carboxylic acids is 1. The largest absolute Gasteiger partial charge is 0.478 e. The van der Waals surface area contributed by atoms with Crippen LogP contribution in [-0.4, -0.2) is 24.8 Å². The van der Waals surface area contributed by atoms with Crippen molar-refractivity contribution in [2.75, 3.05) is 13.7 Å². The van der Waals surface area contributed by atoms with Crippen LogP contribution in [0.3, 0.4) is 0 Å². The highest BCUT2D eigenvalue weighted by atomic mass is 35.5. The van der Waals surface area contributed by atoms with Gasteiger partial charge in [-0.3, -0.25) is 0 Å². The minimum absolute atomic E-state index is 0.120. The molecule has 0 aromatic heterocycles. The highest BCUT2D eigenvalue weighted by molar-refractivity contribution is 6.31. The molecule has 0 aliphatic carbocycles. The summed E-state index contributed by atoms with van der Waals surface area (Å²) < 4.78 is 4.91. The first-order chi connectivity index (χ1) is 6.49. The Labute approximate surface area is 89.0 Å². The zero-order chi connectivity index (χ0) is 11.1. The number of carboxylic acid groups (broad SMARTS) is 1. The van der Waals surface area contributed by atoms with Crippen LogP contribution in [-0.2, 0) is 9.53 Å². The summed E-state index contributed by atoms with van der Waals surface area (Å²) in [5.41, 5.74) is 0.120.